The lowest BCUT2D eigenvalue weighted by Crippen LogP contribution is -2.36. The van der Waals surface area contributed by atoms with E-state index in [1.54, 1.807) is 30.4 Å². The van der Waals surface area contributed by atoms with Gasteiger partial charge in [-0.2, -0.15) is 5.06 Å². The number of nitrogens with one attached hydrogen (secondary N) is 2. The van der Waals surface area contributed by atoms with E-state index in [0.717, 1.165) is 11.1 Å². The molecule has 2 aliphatic heterocycles. The first kappa shape index (κ1) is 21.0. The lowest BCUT2D eigenvalue weighted by molar-refractivity contribution is -0.151. The number of hydrogen-bond acceptors (Lipinski definition) is 6. The molecule has 1 aromatic carbocycles. The molecule has 2 aliphatic rings. The van der Waals surface area contributed by atoms with Crippen LogP contribution in [0.5, 0.6) is 5.75 Å². The minimum absolute atomic E-state index is 0.212. The number of anilines is 1. The summed E-state index contributed by atoms with van der Waals surface area (Å²) in [4.78, 5) is 33.6. The van der Waals surface area contributed by atoms with Crippen molar-refractivity contribution in [2.45, 2.75) is 26.0 Å². The standard InChI is InChI=1S/C22H23FN4O4/c1-3-19-22(29)26-18-8-15(16(23)9-20(18)31-19)11-27-7-6-14(12-30-27)13-4-5-17(25-10-13)21(28)24-2/h4-6,8-10,19H,3,7,11-12H2,1-2H3,(H,24,28)(H,26,29). The zero-order valence-corrected chi connectivity index (χ0v) is 17.3. The second kappa shape index (κ2) is 8.83. The van der Waals surface area contributed by atoms with E-state index in [4.69, 9.17) is 9.57 Å². The number of nitrogens with zero attached hydrogens (tertiary/aromatic N) is 2. The van der Waals surface area contributed by atoms with Gasteiger partial charge in [-0.05, 0) is 29.7 Å². The van der Waals surface area contributed by atoms with Gasteiger partial charge in [0.2, 0.25) is 0 Å². The summed E-state index contributed by atoms with van der Waals surface area (Å²) in [6, 6.07) is 6.36. The molecule has 9 heteroatoms. The minimum Gasteiger partial charge on any atom is -0.478 e. The smallest absolute Gasteiger partial charge is 0.269 e. The quantitative estimate of drug-likeness (QED) is 0.763. The van der Waals surface area contributed by atoms with Gasteiger partial charge in [0.15, 0.2) is 6.10 Å². The summed E-state index contributed by atoms with van der Waals surface area (Å²) >= 11 is 0. The van der Waals surface area contributed by atoms with Crippen LogP contribution in [0.15, 0.2) is 36.5 Å². The number of halogens is 1. The van der Waals surface area contributed by atoms with Crippen LogP contribution in [0.3, 0.4) is 0 Å². The van der Waals surface area contributed by atoms with Gasteiger partial charge in [0.1, 0.15) is 17.3 Å². The molecular weight excluding hydrogens is 403 g/mol. The van der Waals surface area contributed by atoms with Crippen molar-refractivity contribution in [3.8, 4) is 5.75 Å². The first-order valence-electron chi connectivity index (χ1n) is 10.0. The summed E-state index contributed by atoms with van der Waals surface area (Å²) in [5, 5.41) is 6.94. The number of carbonyl (C=O) groups excluding carboxylic acids is 2. The van der Waals surface area contributed by atoms with Crippen molar-refractivity contribution >= 4 is 23.1 Å². The van der Waals surface area contributed by atoms with Gasteiger partial charge in [-0.15, -0.1) is 0 Å². The van der Waals surface area contributed by atoms with Crippen molar-refractivity contribution in [2.24, 2.45) is 0 Å². The maximum absolute atomic E-state index is 14.6. The number of fused-ring (bicyclic) bond motifs is 1. The van der Waals surface area contributed by atoms with E-state index in [0.29, 0.717) is 42.3 Å². The van der Waals surface area contributed by atoms with Crippen molar-refractivity contribution in [1.82, 2.24) is 15.4 Å². The summed E-state index contributed by atoms with van der Waals surface area (Å²) in [6.07, 6.45) is 3.51. The van der Waals surface area contributed by atoms with Crippen LogP contribution in [0.1, 0.15) is 35.0 Å². The Morgan fingerprint density at radius 2 is 2.23 bits per heavy atom. The third kappa shape index (κ3) is 4.42. The normalized spacial score (nSPS) is 18.5. The topological polar surface area (TPSA) is 92.8 Å². The first-order valence-corrected chi connectivity index (χ1v) is 10.0. The van der Waals surface area contributed by atoms with Gasteiger partial charge in [0.05, 0.1) is 18.8 Å². The Morgan fingerprint density at radius 1 is 1.39 bits per heavy atom. The van der Waals surface area contributed by atoms with E-state index >= 15 is 0 Å². The number of carbonyl (C=O) groups is 2. The van der Waals surface area contributed by atoms with Crippen molar-refractivity contribution in [1.29, 1.82) is 0 Å². The van der Waals surface area contributed by atoms with Gasteiger partial charge < -0.3 is 15.4 Å². The van der Waals surface area contributed by atoms with Crippen molar-refractivity contribution < 1.29 is 23.6 Å². The summed E-state index contributed by atoms with van der Waals surface area (Å²) in [5.74, 6) is -0.560. The lowest BCUT2D eigenvalue weighted by Gasteiger charge is -2.28. The SMILES string of the molecule is CCC1Oc2cc(F)c(CN3CC=C(c4ccc(C(=O)NC)nc4)CO3)cc2NC1=O. The second-order valence-electron chi connectivity index (χ2n) is 7.28. The van der Waals surface area contributed by atoms with Crippen molar-refractivity contribution in [2.75, 3.05) is 25.5 Å². The zero-order valence-electron chi connectivity index (χ0n) is 17.3. The van der Waals surface area contributed by atoms with Crippen LogP contribution in [0.2, 0.25) is 0 Å². The first-order chi connectivity index (χ1) is 15.0. The predicted molar refractivity (Wildman–Crippen MR) is 112 cm³/mol. The van der Waals surface area contributed by atoms with Gasteiger partial charge in [-0.25, -0.2) is 4.39 Å². The number of pyridine rings is 1. The average Bonchev–Trinajstić information content (AvgIpc) is 2.79. The average molecular weight is 426 g/mol. The summed E-state index contributed by atoms with van der Waals surface area (Å²) in [5.41, 5.74) is 2.99. The van der Waals surface area contributed by atoms with Gasteiger partial charge in [-0.1, -0.05) is 19.1 Å². The molecule has 0 saturated carbocycles. The highest BCUT2D eigenvalue weighted by atomic mass is 19.1. The third-order valence-corrected chi connectivity index (χ3v) is 5.22. The van der Waals surface area contributed by atoms with Gasteiger partial charge in [0, 0.05) is 31.4 Å². The highest BCUT2D eigenvalue weighted by Crippen LogP contribution is 2.33. The Kier molecular flexibility index (Phi) is 5.97. The molecule has 0 fully saturated rings. The van der Waals surface area contributed by atoms with Crippen LogP contribution in [0.25, 0.3) is 5.57 Å². The van der Waals surface area contributed by atoms with E-state index in [1.807, 2.05) is 19.1 Å². The largest absolute Gasteiger partial charge is 0.478 e. The molecule has 1 aromatic heterocycles. The fourth-order valence-corrected chi connectivity index (χ4v) is 3.44. The van der Waals surface area contributed by atoms with Gasteiger partial charge in [0.25, 0.3) is 11.8 Å². The Labute approximate surface area is 179 Å². The molecule has 0 radical (unpaired) electrons. The van der Waals surface area contributed by atoms with Crippen LogP contribution in [0, 0.1) is 5.82 Å². The van der Waals surface area contributed by atoms with E-state index in [-0.39, 0.29) is 18.4 Å². The van der Waals surface area contributed by atoms with E-state index in [1.165, 1.54) is 6.07 Å². The van der Waals surface area contributed by atoms with Crippen molar-refractivity contribution in [3.63, 3.8) is 0 Å². The summed E-state index contributed by atoms with van der Waals surface area (Å²) in [7, 11) is 1.55. The number of ether oxygens (including phenoxy) is 1. The maximum Gasteiger partial charge on any atom is 0.269 e. The van der Waals surface area contributed by atoms with Crippen molar-refractivity contribution in [3.05, 3.63) is 59.2 Å². The molecule has 2 N–H and O–H groups in total. The molecular formula is C22H23FN4O4. The number of benzene rings is 1. The number of hydrogen-bond donors (Lipinski definition) is 2. The molecule has 0 bridgehead atoms. The monoisotopic (exact) mass is 426 g/mol. The van der Waals surface area contributed by atoms with Crippen LogP contribution < -0.4 is 15.4 Å². The molecule has 0 aliphatic carbocycles. The highest BCUT2D eigenvalue weighted by molar-refractivity contribution is 5.97. The number of aromatic nitrogens is 1. The molecule has 1 atom stereocenters. The summed E-state index contributed by atoms with van der Waals surface area (Å²) < 4.78 is 20.2. The molecule has 3 heterocycles. The van der Waals surface area contributed by atoms with E-state index in [9.17, 15) is 14.0 Å². The Bertz CT molecular complexity index is 1040. The molecule has 4 rings (SSSR count). The molecule has 0 spiro atoms. The number of hydroxylamine groups is 2. The fraction of sp³-hybridized carbons (Fsp3) is 0.318. The minimum atomic E-state index is -0.605. The second-order valence-corrected chi connectivity index (χ2v) is 7.28. The van der Waals surface area contributed by atoms with Gasteiger partial charge in [-0.3, -0.25) is 19.4 Å². The van der Waals surface area contributed by atoms with Crippen LogP contribution in [-0.2, 0) is 16.2 Å². The number of rotatable bonds is 5. The maximum atomic E-state index is 14.6. The van der Waals surface area contributed by atoms with E-state index < -0.39 is 11.9 Å². The summed E-state index contributed by atoms with van der Waals surface area (Å²) in [6.45, 7) is 2.79. The predicted octanol–water partition coefficient (Wildman–Crippen LogP) is 2.52. The van der Waals surface area contributed by atoms with Gasteiger partial charge >= 0.3 is 0 Å². The molecule has 2 aromatic rings. The Hall–Kier alpha value is -3.30. The molecule has 8 nitrogen and oxygen atoms in total. The Balaban J connectivity index is 1.43. The molecule has 1 unspecified atom stereocenters. The molecule has 0 saturated heterocycles. The van der Waals surface area contributed by atoms with Crippen LogP contribution in [0.4, 0.5) is 10.1 Å². The Morgan fingerprint density at radius 3 is 2.87 bits per heavy atom. The van der Waals surface area contributed by atoms with Crippen LogP contribution >= 0.6 is 0 Å². The number of amides is 2. The third-order valence-electron chi connectivity index (χ3n) is 5.22. The highest BCUT2D eigenvalue weighted by Gasteiger charge is 2.28. The molecule has 31 heavy (non-hydrogen) atoms. The van der Waals surface area contributed by atoms with E-state index in [2.05, 4.69) is 15.6 Å². The molecule has 162 valence electrons. The molecule has 2 amide bonds. The van der Waals surface area contributed by atoms with Crippen LogP contribution in [-0.4, -0.2) is 48.2 Å². The fourth-order valence-electron chi connectivity index (χ4n) is 3.44. The zero-order chi connectivity index (χ0) is 22.0. The lowest BCUT2D eigenvalue weighted by atomic mass is 10.1.